The molecule has 1 aromatic rings. The molecule has 1 aliphatic heterocycles. The zero-order chi connectivity index (χ0) is 33.4. The summed E-state index contributed by atoms with van der Waals surface area (Å²) in [4.78, 5) is 24.7. The third kappa shape index (κ3) is 12.6. The Labute approximate surface area is 278 Å². The van der Waals surface area contributed by atoms with Crippen molar-refractivity contribution >= 4 is 46.2 Å². The third-order valence-corrected chi connectivity index (χ3v) is 7.53. The predicted octanol–water partition coefficient (Wildman–Crippen LogP) is 8.66. The fourth-order valence-electron chi connectivity index (χ4n) is 4.87. The van der Waals surface area contributed by atoms with Crippen molar-refractivity contribution in [3.63, 3.8) is 0 Å². The number of hydrogen-bond acceptors (Lipinski definition) is 4. The number of aliphatic carboxylic acids is 1. The first kappa shape index (κ1) is 37.4. The molecule has 2 atom stereocenters. The first-order valence-electron chi connectivity index (χ1n) is 15.3. The van der Waals surface area contributed by atoms with Crippen molar-refractivity contribution in [1.29, 1.82) is 0 Å². The molecule has 0 spiro atoms. The number of halogens is 2. The molecule has 2 rings (SSSR count). The number of carbonyl (C=O) groups excluding carboxylic acids is 1. The van der Waals surface area contributed by atoms with Gasteiger partial charge in [-0.1, -0.05) is 106 Å². The van der Waals surface area contributed by atoms with Crippen LogP contribution >= 0.6 is 23.2 Å². The summed E-state index contributed by atoms with van der Waals surface area (Å²) in [5, 5.41) is 21.1. The number of hydrogen-bond donors (Lipinski definition) is 3. The predicted molar refractivity (Wildman–Crippen MR) is 188 cm³/mol. The third-order valence-electron chi connectivity index (χ3n) is 7.04. The highest BCUT2D eigenvalue weighted by Crippen LogP contribution is 2.35. The van der Waals surface area contributed by atoms with E-state index in [0.29, 0.717) is 41.0 Å². The summed E-state index contributed by atoms with van der Waals surface area (Å²) >= 11 is 12.9. The lowest BCUT2D eigenvalue weighted by Crippen LogP contribution is -2.34. The van der Waals surface area contributed by atoms with Gasteiger partial charge in [-0.2, -0.15) is 5.10 Å². The molecular formula is C36H46Cl2N4O3. The zero-order valence-electron chi connectivity index (χ0n) is 26.8. The number of carboxylic acid groups (broad SMARTS) is 1. The van der Waals surface area contributed by atoms with Crippen molar-refractivity contribution in [1.82, 2.24) is 20.4 Å². The maximum Gasteiger partial charge on any atom is 0.303 e. The van der Waals surface area contributed by atoms with Gasteiger partial charge in [-0.15, -0.1) is 0 Å². The van der Waals surface area contributed by atoms with Crippen LogP contribution in [0.3, 0.4) is 0 Å². The summed E-state index contributed by atoms with van der Waals surface area (Å²) in [6.45, 7) is 16.8. The minimum absolute atomic E-state index is 0.0327. The van der Waals surface area contributed by atoms with Crippen molar-refractivity contribution in [3.05, 3.63) is 113 Å². The Morgan fingerprint density at radius 2 is 1.98 bits per heavy atom. The van der Waals surface area contributed by atoms with Crippen LogP contribution in [0.25, 0.3) is 11.1 Å². The Morgan fingerprint density at radius 1 is 1.24 bits per heavy atom. The molecule has 1 aromatic heterocycles. The standard InChI is InChI=1S/C36H46Cl2N4O3/c1-7-9-12-16-26(4)31-23-40-42(24-25(3)21-29(37)15-8-2)35(31)33-27(5)18-19-30(38)22-28(6)41-34(33)36(45)39-20-14-11-10-13-17-32(43)44/h7-9,12,15-16,18-19,21-23,25,27,41H,1,6,10-11,13-14,17,20,24H2,2-5H3,(H,39,45)(H,43,44)/b12-9-,15-8-,19-18-,26-16+,29-21+,30-22+,34-33+. The molecule has 0 fully saturated rings. The Kier molecular flexibility index (Phi) is 16.2. The number of allylic oxidation sites excluding steroid dienone is 14. The van der Waals surface area contributed by atoms with Crippen LogP contribution in [0.2, 0.25) is 0 Å². The van der Waals surface area contributed by atoms with Crippen molar-refractivity contribution in [2.24, 2.45) is 11.8 Å². The molecule has 3 N–H and O–H groups in total. The number of nitrogens with zero attached hydrogens (tertiary/aromatic N) is 2. The van der Waals surface area contributed by atoms with E-state index < -0.39 is 5.97 Å². The molecule has 0 saturated heterocycles. The van der Waals surface area contributed by atoms with Gasteiger partial charge in [0.05, 0.1) is 11.9 Å². The van der Waals surface area contributed by atoms with Gasteiger partial charge < -0.3 is 15.7 Å². The number of amides is 1. The van der Waals surface area contributed by atoms with Crippen LogP contribution in [0.15, 0.2) is 102 Å². The van der Waals surface area contributed by atoms with Crippen LogP contribution in [-0.2, 0) is 16.1 Å². The van der Waals surface area contributed by atoms with E-state index in [0.717, 1.165) is 41.7 Å². The SMILES string of the molecule is C=C/C=C\C=C(/C)c1cnn(CC(C)/C=C(Cl)\C=C/C)c1/C1=C(\C(=O)NCCCCCCC(=O)O)NC(=C)/C=C(Cl)\C=C/C1C. The van der Waals surface area contributed by atoms with Crippen molar-refractivity contribution in [2.75, 3.05) is 6.54 Å². The van der Waals surface area contributed by atoms with Gasteiger partial charge in [-0.05, 0) is 56.4 Å². The van der Waals surface area contributed by atoms with Gasteiger partial charge in [0.1, 0.15) is 5.70 Å². The molecule has 0 aromatic carbocycles. The first-order valence-corrected chi connectivity index (χ1v) is 16.0. The second-order valence-corrected chi connectivity index (χ2v) is 11.9. The van der Waals surface area contributed by atoms with Gasteiger partial charge in [0.25, 0.3) is 5.91 Å². The van der Waals surface area contributed by atoms with Crippen molar-refractivity contribution < 1.29 is 14.7 Å². The number of rotatable bonds is 16. The Bertz CT molecular complexity index is 1440. The van der Waals surface area contributed by atoms with Gasteiger partial charge in [-0.25, -0.2) is 0 Å². The van der Waals surface area contributed by atoms with Gasteiger partial charge in [0.15, 0.2) is 0 Å². The van der Waals surface area contributed by atoms with E-state index >= 15 is 0 Å². The van der Waals surface area contributed by atoms with Crippen LogP contribution in [-0.4, -0.2) is 33.3 Å². The normalized spacial score (nSPS) is 20.6. The minimum atomic E-state index is -0.793. The number of carbonyl (C=O) groups is 2. The highest BCUT2D eigenvalue weighted by molar-refractivity contribution is 6.31. The molecular weight excluding hydrogens is 607 g/mol. The van der Waals surface area contributed by atoms with Crippen LogP contribution in [0, 0.1) is 11.8 Å². The quantitative estimate of drug-likeness (QED) is 0.123. The molecule has 0 radical (unpaired) electrons. The van der Waals surface area contributed by atoms with E-state index in [1.807, 2.05) is 80.3 Å². The number of nitrogens with one attached hydrogen (secondary N) is 2. The van der Waals surface area contributed by atoms with Gasteiger partial charge in [0.2, 0.25) is 0 Å². The molecule has 242 valence electrons. The maximum absolute atomic E-state index is 13.9. The first-order chi connectivity index (χ1) is 21.5. The lowest BCUT2D eigenvalue weighted by atomic mass is 9.90. The van der Waals surface area contributed by atoms with Crippen LogP contribution in [0.5, 0.6) is 0 Å². The Morgan fingerprint density at radius 3 is 2.67 bits per heavy atom. The molecule has 7 nitrogen and oxygen atoms in total. The average Bonchev–Trinajstić information content (AvgIpc) is 3.38. The summed E-state index contributed by atoms with van der Waals surface area (Å²) in [6, 6.07) is 0. The minimum Gasteiger partial charge on any atom is -0.481 e. The van der Waals surface area contributed by atoms with Crippen molar-refractivity contribution in [2.45, 2.75) is 66.3 Å². The highest BCUT2D eigenvalue weighted by atomic mass is 35.5. The maximum atomic E-state index is 13.9. The average molecular weight is 654 g/mol. The van der Waals surface area contributed by atoms with Crippen LogP contribution in [0.4, 0.5) is 0 Å². The summed E-state index contributed by atoms with van der Waals surface area (Å²) in [6.07, 6.45) is 23.6. The lowest BCUT2D eigenvalue weighted by molar-refractivity contribution is -0.137. The highest BCUT2D eigenvalue weighted by Gasteiger charge is 2.28. The molecule has 1 aliphatic rings. The van der Waals surface area contributed by atoms with Gasteiger partial charge in [0, 0.05) is 52.3 Å². The fourth-order valence-corrected chi connectivity index (χ4v) is 5.42. The largest absolute Gasteiger partial charge is 0.481 e. The molecule has 9 heteroatoms. The van der Waals surface area contributed by atoms with E-state index in [9.17, 15) is 9.59 Å². The zero-order valence-corrected chi connectivity index (χ0v) is 28.3. The number of aromatic nitrogens is 2. The smallest absolute Gasteiger partial charge is 0.303 e. The molecule has 2 unspecified atom stereocenters. The molecule has 0 saturated carbocycles. The number of unbranched alkanes of at least 4 members (excludes halogenated alkanes) is 3. The summed E-state index contributed by atoms with van der Waals surface area (Å²) in [5.41, 5.74) is 4.21. The van der Waals surface area contributed by atoms with E-state index in [1.54, 1.807) is 12.2 Å². The van der Waals surface area contributed by atoms with E-state index in [4.69, 9.17) is 33.4 Å². The monoisotopic (exact) mass is 652 g/mol. The van der Waals surface area contributed by atoms with E-state index in [2.05, 4.69) is 30.7 Å². The second-order valence-electron chi connectivity index (χ2n) is 11.0. The van der Waals surface area contributed by atoms with Crippen LogP contribution in [0.1, 0.15) is 71.1 Å². The fraction of sp³-hybridized carbons (Fsp3) is 0.361. The topological polar surface area (TPSA) is 96.2 Å². The molecule has 0 bridgehead atoms. The summed E-state index contributed by atoms with van der Waals surface area (Å²) < 4.78 is 1.93. The Balaban J connectivity index is 2.67. The Hall–Kier alpha value is -3.81. The van der Waals surface area contributed by atoms with E-state index in [1.165, 1.54) is 0 Å². The molecule has 0 aliphatic carbocycles. The summed E-state index contributed by atoms with van der Waals surface area (Å²) in [7, 11) is 0. The van der Waals surface area contributed by atoms with Crippen LogP contribution < -0.4 is 10.6 Å². The second kappa shape index (κ2) is 19.6. The van der Waals surface area contributed by atoms with Gasteiger partial charge in [-0.3, -0.25) is 14.3 Å². The lowest BCUT2D eigenvalue weighted by Gasteiger charge is -2.23. The number of carboxylic acids is 1. The molecule has 45 heavy (non-hydrogen) atoms. The molecule has 1 amide bonds. The van der Waals surface area contributed by atoms with Crippen molar-refractivity contribution in [3.8, 4) is 0 Å². The summed E-state index contributed by atoms with van der Waals surface area (Å²) in [5.74, 6) is -1.28. The molecule has 2 heterocycles. The van der Waals surface area contributed by atoms with Gasteiger partial charge >= 0.3 is 5.97 Å². The van der Waals surface area contributed by atoms with E-state index in [-0.39, 0.29) is 24.2 Å².